The molecule has 72 valence electrons. The molecule has 0 saturated carbocycles. The van der Waals surface area contributed by atoms with E-state index in [0.29, 0.717) is 16.6 Å². The van der Waals surface area contributed by atoms with Crippen LogP contribution in [0.15, 0.2) is 23.0 Å². The van der Waals surface area contributed by atoms with Crippen molar-refractivity contribution in [2.75, 3.05) is 0 Å². The molecule has 14 heavy (non-hydrogen) atoms. The lowest BCUT2D eigenvalue weighted by Crippen LogP contribution is -2.02. The zero-order chi connectivity index (χ0) is 10.1. The third kappa shape index (κ3) is 1.39. The first-order valence-electron chi connectivity index (χ1n) is 4.08. The van der Waals surface area contributed by atoms with Gasteiger partial charge >= 0.3 is 11.7 Å². The fraction of sp³-hybridized carbons (Fsp3) is 0.111. The van der Waals surface area contributed by atoms with Gasteiger partial charge in [-0.25, -0.2) is 4.79 Å². The summed E-state index contributed by atoms with van der Waals surface area (Å²) in [7, 11) is 0. The average Bonchev–Trinajstić information content (AvgIpc) is 2.45. The van der Waals surface area contributed by atoms with E-state index in [-0.39, 0.29) is 12.1 Å². The van der Waals surface area contributed by atoms with Crippen molar-refractivity contribution in [1.82, 2.24) is 9.97 Å². The molecule has 0 amide bonds. The smallest absolute Gasteiger partial charge is 0.323 e. The first kappa shape index (κ1) is 8.55. The maximum absolute atomic E-state index is 11.0. The largest absolute Gasteiger partial charge is 0.481 e. The molecule has 0 saturated heterocycles. The molecule has 0 fully saturated rings. The molecule has 0 aliphatic carbocycles. The van der Waals surface area contributed by atoms with Crippen molar-refractivity contribution < 1.29 is 9.90 Å². The van der Waals surface area contributed by atoms with Gasteiger partial charge in [0.2, 0.25) is 0 Å². The van der Waals surface area contributed by atoms with Crippen LogP contribution < -0.4 is 5.69 Å². The Balaban J connectivity index is 2.64. The number of benzene rings is 1. The van der Waals surface area contributed by atoms with E-state index >= 15 is 0 Å². The fourth-order valence-corrected chi connectivity index (χ4v) is 1.43. The molecular formula is C9H8N2O3. The summed E-state index contributed by atoms with van der Waals surface area (Å²) < 4.78 is 0. The van der Waals surface area contributed by atoms with Crippen molar-refractivity contribution in [1.29, 1.82) is 0 Å². The summed E-state index contributed by atoms with van der Waals surface area (Å²) in [4.78, 5) is 26.6. The number of aliphatic carboxylic acids is 1. The van der Waals surface area contributed by atoms with E-state index in [1.807, 2.05) is 0 Å². The number of rotatable bonds is 2. The minimum Gasteiger partial charge on any atom is -0.481 e. The van der Waals surface area contributed by atoms with Crippen molar-refractivity contribution >= 4 is 17.0 Å². The zero-order valence-electron chi connectivity index (χ0n) is 7.20. The molecule has 0 aliphatic heterocycles. The van der Waals surface area contributed by atoms with Crippen LogP contribution in [0.1, 0.15) is 5.56 Å². The number of para-hydroxylation sites is 1. The lowest BCUT2D eigenvalue weighted by Gasteiger charge is -1.97. The Morgan fingerprint density at radius 1 is 1.36 bits per heavy atom. The van der Waals surface area contributed by atoms with Crippen LogP contribution in [0.4, 0.5) is 0 Å². The minimum atomic E-state index is -0.917. The number of carbonyl (C=O) groups is 1. The first-order valence-corrected chi connectivity index (χ1v) is 4.08. The van der Waals surface area contributed by atoms with Crippen LogP contribution in [-0.4, -0.2) is 21.0 Å². The predicted octanol–water partition coefficient (Wildman–Crippen LogP) is 0.483. The number of hydrogen-bond acceptors (Lipinski definition) is 2. The molecule has 0 spiro atoms. The minimum absolute atomic E-state index is 0.0921. The number of aromatic nitrogens is 2. The SMILES string of the molecule is O=C(O)Cc1cccc2[nH]c(=O)[nH]c12. The van der Waals surface area contributed by atoms with Crippen molar-refractivity contribution in [2.24, 2.45) is 0 Å². The summed E-state index contributed by atoms with van der Waals surface area (Å²) >= 11 is 0. The number of carboxylic acid groups (broad SMARTS) is 1. The number of imidazole rings is 1. The second-order valence-electron chi connectivity index (χ2n) is 2.99. The van der Waals surface area contributed by atoms with Crippen molar-refractivity contribution in [2.45, 2.75) is 6.42 Å². The summed E-state index contributed by atoms with van der Waals surface area (Å²) in [6.07, 6.45) is -0.0921. The topological polar surface area (TPSA) is 85.9 Å². The van der Waals surface area contributed by atoms with E-state index in [0.717, 1.165) is 0 Å². The molecular weight excluding hydrogens is 184 g/mol. The Labute approximate surface area is 78.4 Å². The van der Waals surface area contributed by atoms with Crippen molar-refractivity contribution in [3.8, 4) is 0 Å². The molecule has 3 N–H and O–H groups in total. The highest BCUT2D eigenvalue weighted by Crippen LogP contribution is 2.13. The van der Waals surface area contributed by atoms with E-state index in [2.05, 4.69) is 9.97 Å². The number of aromatic amines is 2. The summed E-state index contributed by atoms with van der Waals surface area (Å²) in [6, 6.07) is 5.11. The van der Waals surface area contributed by atoms with Gasteiger partial charge in [-0.05, 0) is 11.6 Å². The standard InChI is InChI=1S/C9H8N2O3/c12-7(13)4-5-2-1-3-6-8(5)11-9(14)10-6/h1-3H,4H2,(H,12,13)(H2,10,11,14). The summed E-state index contributed by atoms with van der Waals surface area (Å²) in [6.45, 7) is 0. The van der Waals surface area contributed by atoms with Crippen LogP contribution in [-0.2, 0) is 11.2 Å². The third-order valence-corrected chi connectivity index (χ3v) is 1.98. The molecule has 5 nitrogen and oxygen atoms in total. The van der Waals surface area contributed by atoms with Gasteiger partial charge in [-0.15, -0.1) is 0 Å². The number of nitrogens with one attached hydrogen (secondary N) is 2. The molecule has 5 heteroatoms. The van der Waals surface area contributed by atoms with Crippen LogP contribution in [0.5, 0.6) is 0 Å². The quantitative estimate of drug-likeness (QED) is 0.647. The Kier molecular flexibility index (Phi) is 1.85. The Morgan fingerprint density at radius 2 is 2.14 bits per heavy atom. The molecule has 2 aromatic rings. The number of carboxylic acids is 1. The summed E-state index contributed by atoms with van der Waals surface area (Å²) in [5, 5.41) is 8.63. The van der Waals surface area contributed by atoms with Crippen LogP contribution in [0.25, 0.3) is 11.0 Å². The van der Waals surface area contributed by atoms with Crippen molar-refractivity contribution in [3.63, 3.8) is 0 Å². The maximum atomic E-state index is 11.0. The maximum Gasteiger partial charge on any atom is 0.323 e. The van der Waals surface area contributed by atoms with Gasteiger partial charge in [0.25, 0.3) is 0 Å². The highest BCUT2D eigenvalue weighted by molar-refractivity contribution is 5.82. The summed E-state index contributed by atoms with van der Waals surface area (Å²) in [5.74, 6) is -0.917. The average molecular weight is 192 g/mol. The third-order valence-electron chi connectivity index (χ3n) is 1.98. The van der Waals surface area contributed by atoms with Gasteiger partial charge in [0.1, 0.15) is 0 Å². The van der Waals surface area contributed by atoms with E-state index < -0.39 is 5.97 Å². The Hall–Kier alpha value is -2.04. The fourth-order valence-electron chi connectivity index (χ4n) is 1.43. The van der Waals surface area contributed by atoms with Gasteiger partial charge in [0, 0.05) is 0 Å². The molecule has 0 bridgehead atoms. The molecule has 1 aromatic carbocycles. The Bertz CT molecular complexity index is 538. The van der Waals surface area contributed by atoms with Gasteiger partial charge in [0.05, 0.1) is 17.5 Å². The molecule has 1 heterocycles. The van der Waals surface area contributed by atoms with Gasteiger partial charge < -0.3 is 15.1 Å². The van der Waals surface area contributed by atoms with Crippen molar-refractivity contribution in [3.05, 3.63) is 34.2 Å². The van der Waals surface area contributed by atoms with E-state index in [1.165, 1.54) is 0 Å². The van der Waals surface area contributed by atoms with Crippen LogP contribution in [0.2, 0.25) is 0 Å². The molecule has 0 atom stereocenters. The van der Waals surface area contributed by atoms with E-state index in [1.54, 1.807) is 18.2 Å². The highest BCUT2D eigenvalue weighted by atomic mass is 16.4. The van der Waals surface area contributed by atoms with Crippen LogP contribution in [0.3, 0.4) is 0 Å². The highest BCUT2D eigenvalue weighted by Gasteiger charge is 2.06. The molecule has 2 rings (SSSR count). The van der Waals surface area contributed by atoms with Gasteiger partial charge in [-0.3, -0.25) is 4.79 Å². The van der Waals surface area contributed by atoms with E-state index in [4.69, 9.17) is 5.11 Å². The number of H-pyrrole nitrogens is 2. The molecule has 0 radical (unpaired) electrons. The first-order chi connectivity index (χ1) is 6.66. The molecule has 1 aromatic heterocycles. The monoisotopic (exact) mass is 192 g/mol. The van der Waals surface area contributed by atoms with Gasteiger partial charge in [0.15, 0.2) is 0 Å². The predicted molar refractivity (Wildman–Crippen MR) is 50.3 cm³/mol. The second kappa shape index (κ2) is 3.02. The number of hydrogen-bond donors (Lipinski definition) is 3. The van der Waals surface area contributed by atoms with Crippen LogP contribution in [0, 0.1) is 0 Å². The lowest BCUT2D eigenvalue weighted by molar-refractivity contribution is -0.136. The van der Waals surface area contributed by atoms with Crippen LogP contribution >= 0.6 is 0 Å². The Morgan fingerprint density at radius 3 is 2.86 bits per heavy atom. The number of fused-ring (bicyclic) bond motifs is 1. The molecule has 0 aliphatic rings. The van der Waals surface area contributed by atoms with E-state index in [9.17, 15) is 9.59 Å². The lowest BCUT2D eigenvalue weighted by atomic mass is 10.1. The zero-order valence-corrected chi connectivity index (χ0v) is 7.20. The normalized spacial score (nSPS) is 10.6. The summed E-state index contributed by atoms with van der Waals surface area (Å²) in [5.41, 5.74) is 1.49. The molecule has 0 unspecified atom stereocenters. The van der Waals surface area contributed by atoms with Gasteiger partial charge in [-0.2, -0.15) is 0 Å². The van der Waals surface area contributed by atoms with Gasteiger partial charge in [-0.1, -0.05) is 12.1 Å². The second-order valence-corrected chi connectivity index (χ2v) is 2.99.